The number of piperazine rings is 1. The number of aliphatic imine (C=N–C) groups is 1. The first-order chi connectivity index (χ1) is 13.9. The molecule has 0 aromatic carbocycles. The molecular weight excluding hydrogens is 517 g/mol. The Balaban J connectivity index is 0.00000450. The summed E-state index contributed by atoms with van der Waals surface area (Å²) >= 11 is 0. The van der Waals surface area contributed by atoms with Crippen LogP contribution in [0.3, 0.4) is 0 Å². The third-order valence-corrected chi connectivity index (χ3v) is 7.30. The fourth-order valence-electron chi connectivity index (χ4n) is 3.92. The van der Waals surface area contributed by atoms with Crippen molar-refractivity contribution in [1.82, 2.24) is 19.4 Å². The van der Waals surface area contributed by atoms with Crippen LogP contribution in [0.1, 0.15) is 40.5 Å². The smallest absolute Gasteiger partial charge is 0.216 e. The van der Waals surface area contributed by atoms with E-state index in [-0.39, 0.29) is 42.4 Å². The summed E-state index contributed by atoms with van der Waals surface area (Å²) in [5.74, 6) is 1.59. The summed E-state index contributed by atoms with van der Waals surface area (Å²) in [6, 6.07) is 0. The summed E-state index contributed by atoms with van der Waals surface area (Å²) < 4.78 is 32.1. The summed E-state index contributed by atoms with van der Waals surface area (Å²) in [5, 5.41) is 3.39. The first kappa shape index (κ1) is 27.9. The monoisotopic (exact) mass is 559 g/mol. The molecule has 2 heterocycles. The second-order valence-corrected chi connectivity index (χ2v) is 10.4. The minimum Gasteiger partial charge on any atom is -0.378 e. The number of nitrogens with one attached hydrogen (secondary N) is 1. The van der Waals surface area contributed by atoms with Crippen molar-refractivity contribution in [2.24, 2.45) is 10.9 Å². The molecule has 178 valence electrons. The Labute approximate surface area is 200 Å². The lowest BCUT2D eigenvalue weighted by molar-refractivity contribution is 0.0904. The van der Waals surface area contributed by atoms with E-state index in [2.05, 4.69) is 29.0 Å². The van der Waals surface area contributed by atoms with Crippen molar-refractivity contribution in [1.29, 1.82) is 0 Å². The van der Waals surface area contributed by atoms with Crippen molar-refractivity contribution in [3.63, 3.8) is 0 Å². The Morgan fingerprint density at radius 1 is 1.17 bits per heavy atom. The van der Waals surface area contributed by atoms with Crippen molar-refractivity contribution in [2.45, 2.75) is 46.6 Å². The van der Waals surface area contributed by atoms with Crippen LogP contribution in [0.5, 0.6) is 0 Å². The minimum absolute atomic E-state index is 0. The van der Waals surface area contributed by atoms with E-state index in [0.717, 1.165) is 25.6 Å². The molecule has 0 spiro atoms. The van der Waals surface area contributed by atoms with E-state index in [9.17, 15) is 8.42 Å². The van der Waals surface area contributed by atoms with E-state index < -0.39 is 10.0 Å². The maximum absolute atomic E-state index is 12.5. The second-order valence-electron chi connectivity index (χ2n) is 8.27. The molecule has 10 heteroatoms. The van der Waals surface area contributed by atoms with Crippen molar-refractivity contribution >= 4 is 40.0 Å². The highest BCUT2D eigenvalue weighted by Crippen LogP contribution is 2.17. The Bertz CT molecular complexity index is 610. The van der Waals surface area contributed by atoms with Gasteiger partial charge in [0.25, 0.3) is 0 Å². The molecule has 0 aromatic heterocycles. The van der Waals surface area contributed by atoms with Gasteiger partial charge in [-0.15, -0.1) is 24.0 Å². The van der Waals surface area contributed by atoms with Gasteiger partial charge in [-0.05, 0) is 52.6 Å². The van der Waals surface area contributed by atoms with Gasteiger partial charge in [-0.3, -0.25) is 4.99 Å². The van der Waals surface area contributed by atoms with Crippen LogP contribution in [0, 0.1) is 5.92 Å². The van der Waals surface area contributed by atoms with Gasteiger partial charge in [-0.1, -0.05) is 6.92 Å². The predicted octanol–water partition coefficient (Wildman–Crippen LogP) is 1.67. The van der Waals surface area contributed by atoms with E-state index >= 15 is 0 Å². The number of guanidine groups is 1. The first-order valence-electron chi connectivity index (χ1n) is 11.2. The highest BCUT2D eigenvalue weighted by Gasteiger charge is 2.28. The number of sulfonamides is 1. The molecule has 8 nitrogen and oxygen atoms in total. The molecule has 0 aromatic rings. The molecule has 0 amide bonds. The Kier molecular flexibility index (Phi) is 13.1. The van der Waals surface area contributed by atoms with E-state index in [4.69, 9.17) is 9.73 Å². The van der Waals surface area contributed by atoms with Gasteiger partial charge < -0.3 is 19.9 Å². The van der Waals surface area contributed by atoms with Crippen molar-refractivity contribution in [2.75, 3.05) is 71.3 Å². The summed E-state index contributed by atoms with van der Waals surface area (Å²) in [5.41, 5.74) is 0. The van der Waals surface area contributed by atoms with Crippen LogP contribution in [-0.4, -0.2) is 106 Å². The van der Waals surface area contributed by atoms with Gasteiger partial charge >= 0.3 is 0 Å². The number of hydrogen-bond donors (Lipinski definition) is 1. The van der Waals surface area contributed by atoms with Crippen molar-refractivity contribution < 1.29 is 13.2 Å². The Hall–Kier alpha value is -0.170. The number of rotatable bonds is 10. The molecule has 0 bridgehead atoms. The highest BCUT2D eigenvalue weighted by atomic mass is 127. The van der Waals surface area contributed by atoms with Crippen LogP contribution in [0.4, 0.5) is 0 Å². The summed E-state index contributed by atoms with van der Waals surface area (Å²) in [4.78, 5) is 9.61. The van der Waals surface area contributed by atoms with Gasteiger partial charge in [0.1, 0.15) is 0 Å². The van der Waals surface area contributed by atoms with Gasteiger partial charge in [0.2, 0.25) is 10.0 Å². The molecule has 2 fully saturated rings. The number of likely N-dealkylation sites (tertiary alicyclic amines) is 1. The second kappa shape index (κ2) is 14.1. The minimum atomic E-state index is -3.26. The highest BCUT2D eigenvalue weighted by molar-refractivity contribution is 14.0. The maximum atomic E-state index is 12.5. The van der Waals surface area contributed by atoms with Crippen LogP contribution < -0.4 is 5.32 Å². The quantitative estimate of drug-likeness (QED) is 0.250. The van der Waals surface area contributed by atoms with Gasteiger partial charge in [0.15, 0.2) is 5.96 Å². The van der Waals surface area contributed by atoms with Crippen molar-refractivity contribution in [3.05, 3.63) is 0 Å². The lowest BCUT2D eigenvalue weighted by Gasteiger charge is -2.36. The van der Waals surface area contributed by atoms with Crippen molar-refractivity contribution in [3.8, 4) is 0 Å². The Morgan fingerprint density at radius 3 is 2.47 bits per heavy atom. The summed E-state index contributed by atoms with van der Waals surface area (Å²) in [6.07, 6.45) is 2.47. The fourth-order valence-corrected chi connectivity index (χ4v) is 5.20. The largest absolute Gasteiger partial charge is 0.378 e. The van der Waals surface area contributed by atoms with Crippen LogP contribution in [0.2, 0.25) is 0 Å². The van der Waals surface area contributed by atoms with E-state index in [1.807, 2.05) is 13.8 Å². The average molecular weight is 560 g/mol. The predicted molar refractivity (Wildman–Crippen MR) is 134 cm³/mol. The molecule has 0 radical (unpaired) electrons. The van der Waals surface area contributed by atoms with E-state index in [1.165, 1.54) is 25.9 Å². The lowest BCUT2D eigenvalue weighted by Crippen LogP contribution is -2.54. The van der Waals surface area contributed by atoms with Gasteiger partial charge in [0, 0.05) is 45.8 Å². The Morgan fingerprint density at radius 2 is 1.87 bits per heavy atom. The molecular formula is C20H42IN5O3S. The fraction of sp³-hybridized carbons (Fsp3) is 0.950. The zero-order chi connectivity index (χ0) is 21.3. The van der Waals surface area contributed by atoms with Gasteiger partial charge in [-0.25, -0.2) is 8.42 Å². The summed E-state index contributed by atoms with van der Waals surface area (Å²) in [7, 11) is -3.26. The van der Waals surface area contributed by atoms with Crippen LogP contribution in [0.25, 0.3) is 0 Å². The average Bonchev–Trinajstić information content (AvgIpc) is 3.12. The molecule has 2 aliphatic rings. The maximum Gasteiger partial charge on any atom is 0.216 e. The SMILES string of the molecule is CCCN1CCC(CN=C(NCC)N2CCN(S(=O)(=O)CCOC(C)C)CC2)C1.I. The van der Waals surface area contributed by atoms with Gasteiger partial charge in [-0.2, -0.15) is 4.31 Å². The van der Waals surface area contributed by atoms with Gasteiger partial charge in [0.05, 0.1) is 18.5 Å². The van der Waals surface area contributed by atoms with Crippen LogP contribution in [0.15, 0.2) is 4.99 Å². The molecule has 1 unspecified atom stereocenters. The zero-order valence-corrected chi connectivity index (χ0v) is 22.3. The van der Waals surface area contributed by atoms with E-state index in [0.29, 0.717) is 32.1 Å². The molecule has 2 aliphatic heterocycles. The third kappa shape index (κ3) is 9.13. The molecule has 2 saturated heterocycles. The van der Waals surface area contributed by atoms with E-state index in [1.54, 1.807) is 4.31 Å². The molecule has 1 atom stereocenters. The number of nitrogens with zero attached hydrogens (tertiary/aromatic N) is 4. The molecule has 2 rings (SSSR count). The molecule has 0 aliphatic carbocycles. The molecule has 0 saturated carbocycles. The van der Waals surface area contributed by atoms with Crippen LogP contribution in [-0.2, 0) is 14.8 Å². The topological polar surface area (TPSA) is 77.5 Å². The van der Waals surface area contributed by atoms with Crippen LogP contribution >= 0.6 is 24.0 Å². The number of halogens is 1. The first-order valence-corrected chi connectivity index (χ1v) is 12.8. The standard InChI is InChI=1S/C20H41N5O3S.HI/c1-5-8-23-9-7-19(17-23)16-22-20(21-6-2)24-10-12-25(13-11-24)29(26,27)15-14-28-18(3)4;/h18-19H,5-17H2,1-4H3,(H,21,22);1H. The summed E-state index contributed by atoms with van der Waals surface area (Å²) in [6.45, 7) is 15.9. The normalized spacial score (nSPS) is 21.8. The molecule has 30 heavy (non-hydrogen) atoms. The number of ether oxygens (including phenoxy) is 1. The zero-order valence-electron chi connectivity index (χ0n) is 19.2. The third-order valence-electron chi connectivity index (χ3n) is 5.47. The lowest BCUT2D eigenvalue weighted by atomic mass is 10.1. The molecule has 1 N–H and O–H groups in total. The number of hydrogen-bond acceptors (Lipinski definition) is 5.